The number of carbonyl (C=O) groups is 1. The van der Waals surface area contributed by atoms with Crippen molar-refractivity contribution in [3.63, 3.8) is 0 Å². The first-order valence-electron chi connectivity index (χ1n) is 3.35. The molecule has 0 heterocycles. The van der Waals surface area contributed by atoms with Gasteiger partial charge in [0.15, 0.2) is 0 Å². The highest BCUT2D eigenvalue weighted by Gasteiger charge is 2.04. The lowest BCUT2D eigenvalue weighted by molar-refractivity contribution is 0.0749. The summed E-state index contributed by atoms with van der Waals surface area (Å²) in [4.78, 5) is 11.8. The van der Waals surface area contributed by atoms with Crippen molar-refractivity contribution >= 4 is 35.2 Å². The van der Waals surface area contributed by atoms with E-state index in [9.17, 15) is 4.79 Å². The molecule has 1 aromatic carbocycles. The van der Waals surface area contributed by atoms with E-state index >= 15 is 0 Å². The molecule has 0 aliphatic carbocycles. The molecule has 0 fully saturated rings. The third kappa shape index (κ3) is 2.28. The van der Waals surface area contributed by atoms with Crippen molar-refractivity contribution < 1.29 is 8.58 Å². The van der Waals surface area contributed by atoms with Crippen LogP contribution in [0.3, 0.4) is 0 Å². The molecule has 0 atom stereocenters. The van der Waals surface area contributed by atoms with Crippen LogP contribution in [-0.2, 0) is 3.79 Å². The van der Waals surface area contributed by atoms with Crippen molar-refractivity contribution in [2.75, 3.05) is 0 Å². The lowest BCUT2D eigenvalue weighted by atomic mass is 10.1. The van der Waals surface area contributed by atoms with Gasteiger partial charge in [0.25, 0.3) is 0 Å². The standard InChI is InChI=1S/C8H8O2S.Al/c1-5-2-6(8(9)10)4-7(11)3-5;/h2-4,11H,1H3,(H,9,10);/q;+1/p-1. The van der Waals surface area contributed by atoms with Crippen molar-refractivity contribution in [3.8, 4) is 0 Å². The molecule has 0 unspecified atom stereocenters. The van der Waals surface area contributed by atoms with Gasteiger partial charge in [0.2, 0.25) is 0 Å². The van der Waals surface area contributed by atoms with Gasteiger partial charge in [-0.2, -0.15) is 0 Å². The zero-order valence-corrected chi connectivity index (χ0v) is 8.62. The zero-order chi connectivity index (χ0) is 9.14. The molecule has 4 heteroatoms. The highest BCUT2D eigenvalue weighted by atomic mass is 32.1. The van der Waals surface area contributed by atoms with Crippen LogP contribution >= 0.6 is 12.6 Å². The Bertz CT molecular complexity index is 292. The summed E-state index contributed by atoms with van der Waals surface area (Å²) in [6.07, 6.45) is 0. The summed E-state index contributed by atoms with van der Waals surface area (Å²) < 4.78 is 4.49. The third-order valence-corrected chi connectivity index (χ3v) is 1.88. The fraction of sp³-hybridized carbons (Fsp3) is 0.125. The first-order valence-corrected chi connectivity index (χ1v) is 4.27. The number of thiol groups is 1. The third-order valence-electron chi connectivity index (χ3n) is 1.40. The van der Waals surface area contributed by atoms with Gasteiger partial charge in [-0.25, -0.2) is 4.79 Å². The Kier molecular flexibility index (Phi) is 3.22. The SMILES string of the molecule is Cc1cc(S)cc(C(=O)[O][Al])c1. The number of carbonyl (C=O) groups excluding carboxylic acids is 1. The van der Waals surface area contributed by atoms with Crippen LogP contribution in [0.4, 0.5) is 0 Å². The van der Waals surface area contributed by atoms with Crippen molar-refractivity contribution in [2.24, 2.45) is 0 Å². The topological polar surface area (TPSA) is 26.3 Å². The Labute approximate surface area is 85.1 Å². The molecule has 0 aliphatic rings. The Morgan fingerprint density at radius 3 is 2.67 bits per heavy atom. The quantitative estimate of drug-likeness (QED) is 0.542. The van der Waals surface area contributed by atoms with Crippen LogP contribution in [-0.4, -0.2) is 22.6 Å². The van der Waals surface area contributed by atoms with Crippen LogP contribution < -0.4 is 0 Å². The van der Waals surface area contributed by atoms with E-state index in [4.69, 9.17) is 0 Å². The van der Waals surface area contributed by atoms with Gasteiger partial charge in [0, 0.05) is 4.90 Å². The van der Waals surface area contributed by atoms with Crippen LogP contribution in [0.25, 0.3) is 0 Å². The van der Waals surface area contributed by atoms with Crippen LogP contribution in [0, 0.1) is 6.92 Å². The van der Waals surface area contributed by atoms with Gasteiger partial charge in [0.05, 0.1) is 5.56 Å². The maximum absolute atomic E-state index is 11.0. The fourth-order valence-corrected chi connectivity index (χ4v) is 1.43. The summed E-state index contributed by atoms with van der Waals surface area (Å²) in [6.45, 7) is 1.90. The van der Waals surface area contributed by atoms with E-state index in [0.717, 1.165) is 10.5 Å². The highest BCUT2D eigenvalue weighted by molar-refractivity contribution is 7.80. The van der Waals surface area contributed by atoms with E-state index in [1.54, 1.807) is 12.1 Å². The molecule has 2 radical (unpaired) electrons. The molecule has 0 aliphatic heterocycles. The summed E-state index contributed by atoms with van der Waals surface area (Å²) in [5.41, 5.74) is 1.52. The van der Waals surface area contributed by atoms with Crippen molar-refractivity contribution in [1.82, 2.24) is 0 Å². The number of aryl methyl sites for hydroxylation is 1. The number of benzene rings is 1. The molecule has 12 heavy (non-hydrogen) atoms. The minimum Gasteiger partial charge on any atom is -0.625 e. The van der Waals surface area contributed by atoms with E-state index in [1.807, 2.05) is 29.6 Å². The van der Waals surface area contributed by atoms with Crippen molar-refractivity contribution in [2.45, 2.75) is 11.8 Å². The molecule has 1 rings (SSSR count). The molecule has 0 spiro atoms. The number of hydrogen-bond acceptors (Lipinski definition) is 3. The van der Waals surface area contributed by atoms with Gasteiger partial charge in [-0.05, 0) is 30.7 Å². The van der Waals surface area contributed by atoms with Crippen LogP contribution in [0.1, 0.15) is 15.9 Å². The molecular weight excluding hydrogens is 187 g/mol. The van der Waals surface area contributed by atoms with Crippen molar-refractivity contribution in [1.29, 1.82) is 0 Å². The van der Waals surface area contributed by atoms with E-state index < -0.39 is 0 Å². The maximum Gasteiger partial charge on any atom is 0.485 e. The Hall–Kier alpha value is -0.428. The predicted octanol–water partition coefficient (Wildman–Crippen LogP) is 1.52. The van der Waals surface area contributed by atoms with Gasteiger partial charge in [-0.3, -0.25) is 0 Å². The van der Waals surface area contributed by atoms with Gasteiger partial charge in [0.1, 0.15) is 0 Å². The van der Waals surface area contributed by atoms with E-state index in [0.29, 0.717) is 5.56 Å². The number of rotatable bonds is 1. The smallest absolute Gasteiger partial charge is 0.485 e. The van der Waals surface area contributed by atoms with Gasteiger partial charge in [-0.1, -0.05) is 0 Å². The lowest BCUT2D eigenvalue weighted by Gasteiger charge is -2.03. The van der Waals surface area contributed by atoms with E-state index in [-0.39, 0.29) is 5.97 Å². The molecule has 0 aromatic heterocycles. The Morgan fingerprint density at radius 2 is 2.17 bits per heavy atom. The van der Waals surface area contributed by atoms with Crippen LogP contribution in [0.5, 0.6) is 0 Å². The summed E-state index contributed by atoms with van der Waals surface area (Å²) in [6, 6.07) is 5.30. The largest absolute Gasteiger partial charge is 0.625 e. The maximum atomic E-state index is 11.0. The van der Waals surface area contributed by atoms with Gasteiger partial charge < -0.3 is 3.79 Å². The summed E-state index contributed by atoms with van der Waals surface area (Å²) in [7, 11) is 0. The van der Waals surface area contributed by atoms with Crippen molar-refractivity contribution in [3.05, 3.63) is 29.3 Å². The summed E-state index contributed by atoms with van der Waals surface area (Å²) in [5, 5.41) is 0. The van der Waals surface area contributed by atoms with E-state index in [2.05, 4.69) is 16.4 Å². The molecule has 0 saturated carbocycles. The second-order valence-corrected chi connectivity index (χ2v) is 3.21. The minimum atomic E-state index is -0.362. The van der Waals surface area contributed by atoms with Gasteiger partial charge >= 0.3 is 22.6 Å². The molecule has 2 nitrogen and oxygen atoms in total. The first-order chi connectivity index (χ1) is 5.63. The average molecular weight is 194 g/mol. The summed E-state index contributed by atoms with van der Waals surface area (Å²) >= 11 is 6.07. The van der Waals surface area contributed by atoms with Crippen LogP contribution in [0.2, 0.25) is 0 Å². The number of hydrogen-bond donors (Lipinski definition) is 1. The predicted molar refractivity (Wildman–Crippen MR) is 49.6 cm³/mol. The second kappa shape index (κ2) is 3.99. The molecule has 0 amide bonds. The molecule has 1 aromatic rings. The Balaban J connectivity index is 3.08. The fourth-order valence-electron chi connectivity index (χ4n) is 0.949. The molecule has 0 bridgehead atoms. The Morgan fingerprint density at radius 1 is 1.50 bits per heavy atom. The molecule has 0 saturated heterocycles. The molecular formula is C8H7AlO2S. The average Bonchev–Trinajstić information content (AvgIpc) is 2.01. The normalized spacial score (nSPS) is 9.50. The first kappa shape index (κ1) is 9.66. The zero-order valence-electron chi connectivity index (χ0n) is 6.57. The second-order valence-electron chi connectivity index (χ2n) is 2.46. The summed E-state index contributed by atoms with van der Waals surface area (Å²) in [5.74, 6) is -0.362. The molecule has 60 valence electrons. The minimum absolute atomic E-state index is 0.362. The lowest BCUT2D eigenvalue weighted by Crippen LogP contribution is -2.02. The monoisotopic (exact) mass is 194 g/mol. The van der Waals surface area contributed by atoms with Gasteiger partial charge in [-0.15, -0.1) is 12.6 Å². The molecule has 0 N–H and O–H groups in total. The highest BCUT2D eigenvalue weighted by Crippen LogP contribution is 2.13. The van der Waals surface area contributed by atoms with E-state index in [1.165, 1.54) is 0 Å². The van der Waals surface area contributed by atoms with Crippen LogP contribution in [0.15, 0.2) is 23.1 Å².